The van der Waals surface area contributed by atoms with Crippen molar-refractivity contribution in [2.75, 3.05) is 6.54 Å². The lowest BCUT2D eigenvalue weighted by Gasteiger charge is -2.39. The van der Waals surface area contributed by atoms with Gasteiger partial charge in [0.15, 0.2) is 6.10 Å². The molecule has 1 aliphatic heterocycles. The highest BCUT2D eigenvalue weighted by Gasteiger charge is 2.36. The number of pyridine rings is 1. The average Bonchev–Trinajstić information content (AvgIpc) is 3.50. The number of rotatable bonds is 8. The molecular weight excluding hydrogens is 481 g/mol. The van der Waals surface area contributed by atoms with Gasteiger partial charge in [-0.1, -0.05) is 38.0 Å². The molecular formula is C31H34FN3O3. The van der Waals surface area contributed by atoms with Crippen LogP contribution in [0.2, 0.25) is 0 Å². The Morgan fingerprint density at radius 3 is 2.53 bits per heavy atom. The highest BCUT2D eigenvalue weighted by atomic mass is 19.1. The third-order valence-electron chi connectivity index (χ3n) is 7.68. The molecule has 0 bridgehead atoms. The summed E-state index contributed by atoms with van der Waals surface area (Å²) in [5.41, 5.74) is 3.94. The Kier molecular flexibility index (Phi) is 8.01. The number of nitrogens with zero attached hydrogens (tertiary/aromatic N) is 2. The smallest absolute Gasteiger partial charge is 0.261 e. The lowest BCUT2D eigenvalue weighted by molar-refractivity contribution is -0.137. The number of hydrogen-bond acceptors (Lipinski definition) is 4. The molecule has 2 unspecified atom stereocenters. The van der Waals surface area contributed by atoms with E-state index in [9.17, 15) is 14.0 Å². The van der Waals surface area contributed by atoms with Crippen molar-refractivity contribution in [2.45, 2.75) is 64.1 Å². The Labute approximate surface area is 223 Å². The summed E-state index contributed by atoms with van der Waals surface area (Å²) in [5.74, 6) is 0.314. The first-order valence-corrected chi connectivity index (χ1v) is 13.6. The fourth-order valence-corrected chi connectivity index (χ4v) is 5.61. The Balaban J connectivity index is 1.39. The molecule has 1 aliphatic carbocycles. The topological polar surface area (TPSA) is 71.5 Å². The number of benzene rings is 2. The molecule has 38 heavy (non-hydrogen) atoms. The van der Waals surface area contributed by atoms with Crippen LogP contribution < -0.4 is 10.1 Å². The Morgan fingerprint density at radius 1 is 1.08 bits per heavy atom. The van der Waals surface area contributed by atoms with Crippen LogP contribution >= 0.6 is 0 Å². The molecule has 0 radical (unpaired) electrons. The summed E-state index contributed by atoms with van der Waals surface area (Å²) in [6, 6.07) is 15.7. The number of aromatic nitrogens is 1. The van der Waals surface area contributed by atoms with Crippen molar-refractivity contribution in [1.29, 1.82) is 0 Å². The van der Waals surface area contributed by atoms with Gasteiger partial charge in [-0.05, 0) is 84.3 Å². The van der Waals surface area contributed by atoms with Crippen LogP contribution in [0.1, 0.15) is 67.3 Å². The van der Waals surface area contributed by atoms with Gasteiger partial charge in [-0.15, -0.1) is 0 Å². The minimum Gasteiger partial charge on any atom is -0.481 e. The summed E-state index contributed by atoms with van der Waals surface area (Å²) < 4.78 is 20.0. The van der Waals surface area contributed by atoms with Crippen molar-refractivity contribution in [1.82, 2.24) is 15.2 Å². The number of fused-ring (bicyclic) bond motifs is 1. The molecule has 5 rings (SSSR count). The molecule has 3 aromatic rings. The zero-order valence-corrected chi connectivity index (χ0v) is 21.7. The summed E-state index contributed by atoms with van der Waals surface area (Å²) in [4.78, 5) is 32.5. The van der Waals surface area contributed by atoms with Gasteiger partial charge in [0, 0.05) is 31.4 Å². The Morgan fingerprint density at radius 2 is 1.82 bits per heavy atom. The molecule has 2 atom stereocenters. The van der Waals surface area contributed by atoms with Crippen LogP contribution in [-0.4, -0.2) is 34.3 Å². The second-order valence-corrected chi connectivity index (χ2v) is 10.2. The number of carbonyl (C=O) groups excluding carboxylic acids is 2. The first-order chi connectivity index (χ1) is 18.5. The van der Waals surface area contributed by atoms with Gasteiger partial charge in [0.25, 0.3) is 5.91 Å². The van der Waals surface area contributed by atoms with Gasteiger partial charge >= 0.3 is 0 Å². The Bertz CT molecular complexity index is 1260. The summed E-state index contributed by atoms with van der Waals surface area (Å²) in [6.07, 6.45) is 8.01. The molecule has 1 aromatic heterocycles. The first-order valence-electron chi connectivity index (χ1n) is 13.6. The number of carbonyl (C=O) groups is 2. The number of hydrogen-bond donors (Lipinski definition) is 1. The maximum Gasteiger partial charge on any atom is 0.261 e. The number of nitrogens with one attached hydrogen (secondary N) is 1. The lowest BCUT2D eigenvalue weighted by atomic mass is 9.87. The monoisotopic (exact) mass is 515 g/mol. The van der Waals surface area contributed by atoms with Crippen molar-refractivity contribution in [3.63, 3.8) is 0 Å². The summed E-state index contributed by atoms with van der Waals surface area (Å²) in [5, 5.41) is 2.95. The second kappa shape index (κ2) is 11.8. The molecule has 0 spiro atoms. The molecule has 6 nitrogen and oxygen atoms in total. The summed E-state index contributed by atoms with van der Waals surface area (Å²) in [6.45, 7) is 2.94. The van der Waals surface area contributed by atoms with Crippen LogP contribution in [-0.2, 0) is 22.6 Å². The van der Waals surface area contributed by atoms with Crippen molar-refractivity contribution in [2.24, 2.45) is 5.92 Å². The van der Waals surface area contributed by atoms with E-state index < -0.39 is 6.10 Å². The minimum atomic E-state index is -0.654. The van der Waals surface area contributed by atoms with Gasteiger partial charge in [-0.3, -0.25) is 14.6 Å². The molecule has 2 heterocycles. The van der Waals surface area contributed by atoms with Crippen LogP contribution in [0.3, 0.4) is 0 Å². The normalized spacial score (nSPS) is 18.1. The lowest BCUT2D eigenvalue weighted by Crippen LogP contribution is -2.43. The predicted octanol–water partition coefficient (Wildman–Crippen LogP) is 5.36. The summed E-state index contributed by atoms with van der Waals surface area (Å²) >= 11 is 0. The van der Waals surface area contributed by atoms with E-state index in [2.05, 4.69) is 10.3 Å². The average molecular weight is 516 g/mol. The SMILES string of the molecule is CCC(Oc1ccc2c(c1)C(c1ccc(F)cc1)N(C(=O)C1CCCC1)CC2)C(=O)NCc1ccncc1. The number of amides is 2. The van der Waals surface area contributed by atoms with Crippen LogP contribution in [0, 0.1) is 11.7 Å². The maximum absolute atomic E-state index is 13.8. The quantitative estimate of drug-likeness (QED) is 0.439. The third-order valence-corrected chi connectivity index (χ3v) is 7.68. The van der Waals surface area contributed by atoms with Gasteiger partial charge in [-0.25, -0.2) is 4.39 Å². The van der Waals surface area contributed by atoms with Crippen LogP contribution in [0.25, 0.3) is 0 Å². The largest absolute Gasteiger partial charge is 0.481 e. The van der Waals surface area contributed by atoms with E-state index >= 15 is 0 Å². The molecule has 1 saturated carbocycles. The third kappa shape index (κ3) is 5.72. The fourth-order valence-electron chi connectivity index (χ4n) is 5.61. The van der Waals surface area contributed by atoms with Crippen LogP contribution in [0.4, 0.5) is 4.39 Å². The minimum absolute atomic E-state index is 0.0486. The maximum atomic E-state index is 13.8. The molecule has 2 aliphatic rings. The predicted molar refractivity (Wildman–Crippen MR) is 143 cm³/mol. The first kappa shape index (κ1) is 25.9. The van der Waals surface area contributed by atoms with Gasteiger partial charge in [-0.2, -0.15) is 0 Å². The number of ether oxygens (including phenoxy) is 1. The molecule has 1 fully saturated rings. The molecule has 0 saturated heterocycles. The van der Waals surface area contributed by atoms with Crippen molar-refractivity contribution < 1.29 is 18.7 Å². The van der Waals surface area contributed by atoms with E-state index in [-0.39, 0.29) is 29.6 Å². The standard InChI is InChI=1S/C31H34FN3O3/c1-2-28(30(36)34-20-21-13-16-33-17-14-21)38-26-12-9-22-15-18-35(31(37)24-5-3-4-6-24)29(27(22)19-26)23-7-10-25(32)11-8-23/h7-14,16-17,19,24,28-29H,2-6,15,18,20H2,1H3,(H,34,36). The van der Waals surface area contributed by atoms with Gasteiger partial charge < -0.3 is 15.0 Å². The van der Waals surface area contributed by atoms with E-state index in [0.717, 1.165) is 54.4 Å². The zero-order chi connectivity index (χ0) is 26.5. The highest BCUT2D eigenvalue weighted by molar-refractivity contribution is 5.81. The van der Waals surface area contributed by atoms with Crippen molar-refractivity contribution in [3.05, 3.63) is 95.1 Å². The fraction of sp³-hybridized carbons (Fsp3) is 0.387. The molecule has 2 amide bonds. The molecule has 7 heteroatoms. The van der Waals surface area contributed by atoms with E-state index in [0.29, 0.717) is 25.3 Å². The van der Waals surface area contributed by atoms with Gasteiger partial charge in [0.05, 0.1) is 6.04 Å². The Hall–Kier alpha value is -3.74. The molecule has 1 N–H and O–H groups in total. The van der Waals surface area contributed by atoms with E-state index in [1.807, 2.05) is 42.2 Å². The van der Waals surface area contributed by atoms with E-state index in [4.69, 9.17) is 4.74 Å². The zero-order valence-electron chi connectivity index (χ0n) is 21.7. The van der Waals surface area contributed by atoms with Crippen LogP contribution in [0.15, 0.2) is 67.0 Å². The second-order valence-electron chi connectivity index (χ2n) is 10.2. The van der Waals surface area contributed by atoms with Gasteiger partial charge in [0.2, 0.25) is 5.91 Å². The molecule has 2 aromatic carbocycles. The van der Waals surface area contributed by atoms with Crippen molar-refractivity contribution >= 4 is 11.8 Å². The van der Waals surface area contributed by atoms with Crippen molar-refractivity contribution in [3.8, 4) is 5.75 Å². The molecule has 198 valence electrons. The van der Waals surface area contributed by atoms with Gasteiger partial charge in [0.1, 0.15) is 11.6 Å². The number of halogens is 1. The summed E-state index contributed by atoms with van der Waals surface area (Å²) in [7, 11) is 0. The highest BCUT2D eigenvalue weighted by Crippen LogP contribution is 2.40. The van der Waals surface area contributed by atoms with E-state index in [1.54, 1.807) is 24.5 Å². The van der Waals surface area contributed by atoms with Crippen LogP contribution in [0.5, 0.6) is 5.75 Å². The van der Waals surface area contributed by atoms with E-state index in [1.165, 1.54) is 12.1 Å².